The highest BCUT2D eigenvalue weighted by Gasteiger charge is 2.39. The normalized spacial score (nSPS) is 13.2. The van der Waals surface area contributed by atoms with Crippen LogP contribution in [0, 0.1) is 0 Å². The Morgan fingerprint density at radius 3 is 1.81 bits per heavy atom. The highest BCUT2D eigenvalue weighted by atomic mass is 19.4. The lowest BCUT2D eigenvalue weighted by molar-refractivity contribution is -0.142. The number of aryl methyl sites for hydroxylation is 1. The third-order valence-electron chi connectivity index (χ3n) is 5.02. The SMILES string of the molecule is NCCCCc1c(-c2ccc(C(F)(F)F)cc2)[nH]c2cc(C(F)(F)F)cc(C(F)(F)F)c12. The van der Waals surface area contributed by atoms with Crippen LogP contribution in [0.2, 0.25) is 0 Å². The van der Waals surface area contributed by atoms with Crippen molar-refractivity contribution in [3.05, 3.63) is 58.7 Å². The van der Waals surface area contributed by atoms with Gasteiger partial charge in [-0.05, 0) is 61.2 Å². The van der Waals surface area contributed by atoms with Gasteiger partial charge in [-0.2, -0.15) is 39.5 Å². The molecule has 0 atom stereocenters. The Labute approximate surface area is 176 Å². The van der Waals surface area contributed by atoms with Gasteiger partial charge in [-0.3, -0.25) is 0 Å². The van der Waals surface area contributed by atoms with E-state index in [1.54, 1.807) is 0 Å². The molecule has 2 aromatic carbocycles. The molecule has 0 aliphatic rings. The highest BCUT2D eigenvalue weighted by molar-refractivity contribution is 5.94. The van der Waals surface area contributed by atoms with E-state index in [1.165, 1.54) is 0 Å². The topological polar surface area (TPSA) is 41.8 Å². The van der Waals surface area contributed by atoms with Crippen molar-refractivity contribution in [2.45, 2.75) is 37.8 Å². The van der Waals surface area contributed by atoms with Gasteiger partial charge in [-0.1, -0.05) is 12.1 Å². The quantitative estimate of drug-likeness (QED) is 0.303. The Bertz CT molecular complexity index is 1090. The summed E-state index contributed by atoms with van der Waals surface area (Å²) in [6.07, 6.45) is -13.9. The van der Waals surface area contributed by atoms with E-state index < -0.39 is 46.1 Å². The maximum absolute atomic E-state index is 13.7. The van der Waals surface area contributed by atoms with Crippen LogP contribution in [0.4, 0.5) is 39.5 Å². The number of halogens is 9. The van der Waals surface area contributed by atoms with Gasteiger partial charge in [0.15, 0.2) is 0 Å². The lowest BCUT2D eigenvalue weighted by atomic mass is 9.95. The number of alkyl halides is 9. The van der Waals surface area contributed by atoms with E-state index in [0.29, 0.717) is 18.9 Å². The number of aromatic nitrogens is 1. The maximum Gasteiger partial charge on any atom is 0.417 e. The molecule has 1 heterocycles. The molecular formula is C21H17F9N2. The largest absolute Gasteiger partial charge is 0.417 e. The van der Waals surface area contributed by atoms with E-state index in [4.69, 9.17) is 5.73 Å². The molecule has 11 heteroatoms. The van der Waals surface area contributed by atoms with Gasteiger partial charge in [0.1, 0.15) is 0 Å². The standard InChI is InChI=1S/C21H17F9N2/c22-19(23,24)12-6-4-11(5-7-12)18-14(3-1-2-8-31)17-15(21(28,29)30)9-13(20(25,26)27)10-16(17)32-18/h4-7,9-10,32H,1-3,8,31H2. The summed E-state index contributed by atoms with van der Waals surface area (Å²) in [5.74, 6) is 0. The summed E-state index contributed by atoms with van der Waals surface area (Å²) in [5, 5.41) is -0.433. The molecule has 0 bridgehead atoms. The minimum absolute atomic E-state index is 0.0376. The average molecular weight is 468 g/mol. The molecule has 0 aliphatic heterocycles. The third kappa shape index (κ3) is 4.87. The number of unbranched alkanes of at least 4 members (excludes halogenated alkanes) is 1. The van der Waals surface area contributed by atoms with Crippen molar-refractivity contribution < 1.29 is 39.5 Å². The molecule has 0 saturated heterocycles. The number of aromatic amines is 1. The Hall–Kier alpha value is -2.69. The molecule has 0 amide bonds. The van der Waals surface area contributed by atoms with Crippen molar-refractivity contribution in [2.75, 3.05) is 6.54 Å². The van der Waals surface area contributed by atoms with Crippen molar-refractivity contribution in [1.29, 1.82) is 0 Å². The summed E-state index contributed by atoms with van der Waals surface area (Å²) in [6, 6.07) is 4.28. The van der Waals surface area contributed by atoms with Crippen molar-refractivity contribution in [3.63, 3.8) is 0 Å². The smallest absolute Gasteiger partial charge is 0.354 e. The van der Waals surface area contributed by atoms with Crippen LogP contribution in [0.3, 0.4) is 0 Å². The number of hydrogen-bond acceptors (Lipinski definition) is 1. The molecule has 32 heavy (non-hydrogen) atoms. The third-order valence-corrected chi connectivity index (χ3v) is 5.02. The second-order valence-corrected chi connectivity index (χ2v) is 7.24. The molecule has 3 rings (SSSR count). The first-order valence-corrected chi connectivity index (χ1v) is 9.44. The van der Waals surface area contributed by atoms with Gasteiger partial charge in [-0.15, -0.1) is 0 Å². The number of H-pyrrole nitrogens is 1. The Morgan fingerprint density at radius 1 is 0.719 bits per heavy atom. The van der Waals surface area contributed by atoms with Gasteiger partial charge >= 0.3 is 18.5 Å². The van der Waals surface area contributed by atoms with Gasteiger partial charge in [0.05, 0.1) is 16.7 Å². The van der Waals surface area contributed by atoms with Gasteiger partial charge < -0.3 is 10.7 Å². The monoisotopic (exact) mass is 468 g/mol. The molecule has 2 nitrogen and oxygen atoms in total. The maximum atomic E-state index is 13.7. The fourth-order valence-electron chi connectivity index (χ4n) is 3.56. The summed E-state index contributed by atoms with van der Waals surface area (Å²) < 4.78 is 119. The molecule has 0 saturated carbocycles. The molecule has 0 radical (unpaired) electrons. The second kappa shape index (κ2) is 8.34. The lowest BCUT2D eigenvalue weighted by Crippen LogP contribution is -2.11. The van der Waals surface area contributed by atoms with Gasteiger partial charge in [0.2, 0.25) is 0 Å². The predicted molar refractivity (Wildman–Crippen MR) is 101 cm³/mol. The van der Waals surface area contributed by atoms with Crippen molar-refractivity contribution in [2.24, 2.45) is 5.73 Å². The number of benzene rings is 2. The van der Waals surface area contributed by atoms with E-state index in [-0.39, 0.29) is 35.9 Å². The summed E-state index contributed by atoms with van der Waals surface area (Å²) in [5.41, 5.74) is 1.38. The first-order chi connectivity index (χ1) is 14.7. The minimum atomic E-state index is -5.08. The molecule has 3 aromatic rings. The highest BCUT2D eigenvalue weighted by Crippen LogP contribution is 2.44. The first kappa shape index (κ1) is 24.0. The van der Waals surface area contributed by atoms with Gasteiger partial charge in [0.25, 0.3) is 0 Å². The van der Waals surface area contributed by atoms with Gasteiger partial charge in [-0.25, -0.2) is 0 Å². The second-order valence-electron chi connectivity index (χ2n) is 7.24. The molecule has 0 unspecified atom stereocenters. The Balaban J connectivity index is 2.29. The molecule has 174 valence electrons. The number of nitrogens with one attached hydrogen (secondary N) is 1. The minimum Gasteiger partial charge on any atom is -0.354 e. The van der Waals surface area contributed by atoms with E-state index in [9.17, 15) is 39.5 Å². The predicted octanol–water partition coefficient (Wildman–Crippen LogP) is 7.17. The summed E-state index contributed by atoms with van der Waals surface area (Å²) in [6.45, 7) is 0.252. The summed E-state index contributed by atoms with van der Waals surface area (Å²) in [4.78, 5) is 2.58. The zero-order valence-corrected chi connectivity index (χ0v) is 16.3. The van der Waals surface area contributed by atoms with E-state index in [2.05, 4.69) is 4.98 Å². The zero-order chi connectivity index (χ0) is 23.9. The molecular weight excluding hydrogens is 451 g/mol. The van der Waals surface area contributed by atoms with E-state index in [1.807, 2.05) is 0 Å². The van der Waals surface area contributed by atoms with Crippen LogP contribution < -0.4 is 5.73 Å². The van der Waals surface area contributed by atoms with Gasteiger partial charge in [0, 0.05) is 16.6 Å². The Kier molecular flexibility index (Phi) is 6.25. The van der Waals surface area contributed by atoms with Crippen LogP contribution in [-0.2, 0) is 24.9 Å². The fourth-order valence-corrected chi connectivity index (χ4v) is 3.56. The molecule has 0 aliphatic carbocycles. The number of nitrogens with two attached hydrogens (primary N) is 1. The van der Waals surface area contributed by atoms with Crippen LogP contribution in [0.25, 0.3) is 22.2 Å². The molecule has 1 aromatic heterocycles. The van der Waals surface area contributed by atoms with E-state index in [0.717, 1.165) is 24.3 Å². The van der Waals surface area contributed by atoms with Crippen LogP contribution >= 0.6 is 0 Å². The molecule has 0 fully saturated rings. The van der Waals surface area contributed by atoms with Crippen LogP contribution in [-0.4, -0.2) is 11.5 Å². The fraction of sp³-hybridized carbons (Fsp3) is 0.333. The van der Waals surface area contributed by atoms with Crippen LogP contribution in [0.5, 0.6) is 0 Å². The zero-order valence-electron chi connectivity index (χ0n) is 16.3. The summed E-state index contributed by atoms with van der Waals surface area (Å²) >= 11 is 0. The Morgan fingerprint density at radius 2 is 1.31 bits per heavy atom. The molecule has 0 spiro atoms. The van der Waals surface area contributed by atoms with Crippen molar-refractivity contribution in [1.82, 2.24) is 4.98 Å². The lowest BCUT2D eigenvalue weighted by Gasteiger charge is -2.14. The molecule has 3 N–H and O–H groups in total. The number of fused-ring (bicyclic) bond motifs is 1. The van der Waals surface area contributed by atoms with Crippen LogP contribution in [0.15, 0.2) is 36.4 Å². The number of hydrogen-bond donors (Lipinski definition) is 2. The van der Waals surface area contributed by atoms with Crippen LogP contribution in [0.1, 0.15) is 35.1 Å². The first-order valence-electron chi connectivity index (χ1n) is 9.44. The van der Waals surface area contributed by atoms with Crippen molar-refractivity contribution in [3.8, 4) is 11.3 Å². The van der Waals surface area contributed by atoms with E-state index >= 15 is 0 Å². The number of rotatable bonds is 5. The summed E-state index contributed by atoms with van der Waals surface area (Å²) in [7, 11) is 0. The van der Waals surface area contributed by atoms with Crippen molar-refractivity contribution >= 4 is 10.9 Å². The average Bonchev–Trinajstić information content (AvgIpc) is 3.04.